The first-order valence-electron chi connectivity index (χ1n) is 6.82. The highest BCUT2D eigenvalue weighted by molar-refractivity contribution is 5.96. The van der Waals surface area contributed by atoms with Crippen molar-refractivity contribution in [2.75, 3.05) is 26.7 Å². The maximum absolute atomic E-state index is 12.2. The van der Waals surface area contributed by atoms with Gasteiger partial charge in [-0.05, 0) is 43.5 Å². The van der Waals surface area contributed by atoms with Crippen LogP contribution in [-0.4, -0.2) is 53.4 Å². The molecular formula is C15H20N2O3. The van der Waals surface area contributed by atoms with Crippen LogP contribution in [0.25, 0.3) is 0 Å². The topological polar surface area (TPSA) is 60.9 Å². The molecule has 0 radical (unpaired) electrons. The number of hydrogen-bond donors (Lipinski definition) is 1. The SMILES string of the molecule is Cc1cc(C(=O)N(C)CC(=O)N2CCCC2)ccc1O. The average Bonchev–Trinajstić information content (AvgIpc) is 2.95. The van der Waals surface area contributed by atoms with Crippen LogP contribution in [0.4, 0.5) is 0 Å². The van der Waals surface area contributed by atoms with Crippen LogP contribution < -0.4 is 0 Å². The second-order valence-corrected chi connectivity index (χ2v) is 5.25. The van der Waals surface area contributed by atoms with Crippen LogP contribution in [-0.2, 0) is 4.79 Å². The van der Waals surface area contributed by atoms with Crippen LogP contribution in [0.15, 0.2) is 18.2 Å². The Kier molecular flexibility index (Phi) is 4.27. The Hall–Kier alpha value is -2.04. The van der Waals surface area contributed by atoms with Gasteiger partial charge >= 0.3 is 0 Å². The Balaban J connectivity index is 2.00. The van der Waals surface area contributed by atoms with E-state index in [9.17, 15) is 14.7 Å². The van der Waals surface area contributed by atoms with Crippen molar-refractivity contribution in [3.63, 3.8) is 0 Å². The van der Waals surface area contributed by atoms with Gasteiger partial charge in [0.25, 0.3) is 5.91 Å². The number of rotatable bonds is 3. The zero-order valence-corrected chi connectivity index (χ0v) is 11.9. The van der Waals surface area contributed by atoms with Crippen LogP contribution in [0, 0.1) is 6.92 Å². The minimum absolute atomic E-state index is 0.00569. The molecule has 1 N–H and O–H groups in total. The van der Waals surface area contributed by atoms with Crippen LogP contribution in [0.5, 0.6) is 5.75 Å². The third-order valence-corrected chi connectivity index (χ3v) is 3.62. The number of benzene rings is 1. The lowest BCUT2D eigenvalue weighted by Crippen LogP contribution is -2.39. The third-order valence-electron chi connectivity index (χ3n) is 3.62. The summed E-state index contributed by atoms with van der Waals surface area (Å²) in [4.78, 5) is 27.5. The van der Waals surface area contributed by atoms with Crippen molar-refractivity contribution in [1.29, 1.82) is 0 Å². The van der Waals surface area contributed by atoms with E-state index in [1.807, 2.05) is 0 Å². The Morgan fingerprint density at radius 2 is 1.95 bits per heavy atom. The lowest BCUT2D eigenvalue weighted by atomic mass is 10.1. The summed E-state index contributed by atoms with van der Waals surface area (Å²) in [5.41, 5.74) is 1.13. The van der Waals surface area contributed by atoms with Crippen molar-refractivity contribution < 1.29 is 14.7 Å². The van der Waals surface area contributed by atoms with Gasteiger partial charge in [0, 0.05) is 25.7 Å². The Morgan fingerprint density at radius 3 is 2.55 bits per heavy atom. The number of phenols is 1. The van der Waals surface area contributed by atoms with Crippen molar-refractivity contribution in [2.45, 2.75) is 19.8 Å². The van der Waals surface area contributed by atoms with Gasteiger partial charge in [-0.2, -0.15) is 0 Å². The summed E-state index contributed by atoms with van der Waals surface area (Å²) in [5, 5.41) is 9.47. The summed E-state index contributed by atoms with van der Waals surface area (Å²) >= 11 is 0. The van der Waals surface area contributed by atoms with Gasteiger partial charge in [-0.3, -0.25) is 9.59 Å². The number of phenolic OH excluding ortho intramolecular Hbond substituents is 1. The molecule has 1 aromatic carbocycles. The number of likely N-dealkylation sites (N-methyl/N-ethyl adjacent to an activating group) is 1. The number of aryl methyl sites for hydroxylation is 1. The molecule has 0 saturated carbocycles. The van der Waals surface area contributed by atoms with Crippen molar-refractivity contribution in [3.05, 3.63) is 29.3 Å². The van der Waals surface area contributed by atoms with Gasteiger partial charge in [0.1, 0.15) is 5.75 Å². The Bertz CT molecular complexity index is 522. The molecule has 2 rings (SSSR count). The van der Waals surface area contributed by atoms with E-state index in [4.69, 9.17) is 0 Å². The summed E-state index contributed by atoms with van der Waals surface area (Å²) in [6.45, 7) is 3.42. The van der Waals surface area contributed by atoms with Gasteiger partial charge in [-0.25, -0.2) is 0 Å². The molecule has 1 aliphatic rings. The molecule has 108 valence electrons. The highest BCUT2D eigenvalue weighted by Crippen LogP contribution is 2.18. The largest absolute Gasteiger partial charge is 0.508 e. The van der Waals surface area contributed by atoms with Gasteiger partial charge in [0.15, 0.2) is 0 Å². The molecule has 0 spiro atoms. The van der Waals surface area contributed by atoms with Crippen molar-refractivity contribution in [1.82, 2.24) is 9.80 Å². The molecule has 20 heavy (non-hydrogen) atoms. The summed E-state index contributed by atoms with van der Waals surface area (Å²) in [7, 11) is 1.62. The van der Waals surface area contributed by atoms with Gasteiger partial charge < -0.3 is 14.9 Å². The zero-order valence-electron chi connectivity index (χ0n) is 11.9. The van der Waals surface area contributed by atoms with Crippen molar-refractivity contribution in [2.24, 2.45) is 0 Å². The fourth-order valence-corrected chi connectivity index (χ4v) is 2.35. The smallest absolute Gasteiger partial charge is 0.254 e. The average molecular weight is 276 g/mol. The maximum Gasteiger partial charge on any atom is 0.254 e. The number of hydrogen-bond acceptors (Lipinski definition) is 3. The van der Waals surface area contributed by atoms with Gasteiger partial charge in [0.05, 0.1) is 6.54 Å². The standard InChI is InChI=1S/C15H20N2O3/c1-11-9-12(5-6-13(11)18)15(20)16(2)10-14(19)17-7-3-4-8-17/h5-6,9,18H,3-4,7-8,10H2,1-2H3. The molecule has 1 heterocycles. The minimum Gasteiger partial charge on any atom is -0.508 e. The number of likely N-dealkylation sites (tertiary alicyclic amines) is 1. The first kappa shape index (κ1) is 14.4. The van der Waals surface area contributed by atoms with Crippen molar-refractivity contribution in [3.8, 4) is 5.75 Å². The summed E-state index contributed by atoms with van der Waals surface area (Å²) in [5.74, 6) is -0.0492. The molecule has 5 nitrogen and oxygen atoms in total. The molecule has 1 aromatic rings. The summed E-state index contributed by atoms with van der Waals surface area (Å²) in [6, 6.07) is 4.70. The van der Waals surface area contributed by atoms with E-state index >= 15 is 0 Å². The lowest BCUT2D eigenvalue weighted by Gasteiger charge is -2.21. The molecule has 1 fully saturated rings. The molecule has 0 aromatic heterocycles. The van der Waals surface area contributed by atoms with E-state index in [-0.39, 0.29) is 24.1 Å². The van der Waals surface area contributed by atoms with E-state index in [0.717, 1.165) is 25.9 Å². The molecule has 5 heteroatoms. The summed E-state index contributed by atoms with van der Waals surface area (Å²) in [6.07, 6.45) is 2.08. The van der Waals surface area contributed by atoms with Gasteiger partial charge in [-0.15, -0.1) is 0 Å². The monoisotopic (exact) mass is 276 g/mol. The quantitative estimate of drug-likeness (QED) is 0.907. The normalized spacial score (nSPS) is 14.4. The fourth-order valence-electron chi connectivity index (χ4n) is 2.35. The second kappa shape index (κ2) is 5.94. The molecule has 2 amide bonds. The Labute approximate surface area is 118 Å². The van der Waals surface area contributed by atoms with E-state index in [0.29, 0.717) is 11.1 Å². The number of carbonyl (C=O) groups is 2. The molecular weight excluding hydrogens is 256 g/mol. The number of nitrogens with zero attached hydrogens (tertiary/aromatic N) is 2. The molecule has 1 saturated heterocycles. The van der Waals surface area contributed by atoms with Gasteiger partial charge in [0.2, 0.25) is 5.91 Å². The Morgan fingerprint density at radius 1 is 1.30 bits per heavy atom. The predicted octanol–water partition coefficient (Wildman–Crippen LogP) is 1.40. The molecule has 0 bridgehead atoms. The van der Waals surface area contributed by atoms with E-state index in [1.54, 1.807) is 31.0 Å². The van der Waals surface area contributed by atoms with E-state index < -0.39 is 0 Å². The highest BCUT2D eigenvalue weighted by Gasteiger charge is 2.21. The number of amides is 2. The minimum atomic E-state index is -0.208. The van der Waals surface area contributed by atoms with Crippen molar-refractivity contribution >= 4 is 11.8 Å². The van der Waals surface area contributed by atoms with Crippen LogP contribution in [0.1, 0.15) is 28.8 Å². The summed E-state index contributed by atoms with van der Waals surface area (Å²) < 4.78 is 0. The highest BCUT2D eigenvalue weighted by atomic mass is 16.3. The first-order valence-corrected chi connectivity index (χ1v) is 6.82. The molecule has 0 aliphatic carbocycles. The van der Waals surface area contributed by atoms with Crippen LogP contribution in [0.3, 0.4) is 0 Å². The predicted molar refractivity (Wildman–Crippen MR) is 75.6 cm³/mol. The second-order valence-electron chi connectivity index (χ2n) is 5.25. The van der Waals surface area contributed by atoms with E-state index in [2.05, 4.69) is 0 Å². The first-order chi connectivity index (χ1) is 9.49. The zero-order chi connectivity index (χ0) is 14.7. The number of carbonyl (C=O) groups excluding carboxylic acids is 2. The van der Waals surface area contributed by atoms with Crippen LogP contribution >= 0.6 is 0 Å². The maximum atomic E-state index is 12.2. The van der Waals surface area contributed by atoms with Gasteiger partial charge in [-0.1, -0.05) is 0 Å². The third kappa shape index (κ3) is 3.10. The molecule has 1 aliphatic heterocycles. The van der Waals surface area contributed by atoms with Crippen LogP contribution in [0.2, 0.25) is 0 Å². The molecule has 0 unspecified atom stereocenters. The van der Waals surface area contributed by atoms with E-state index in [1.165, 1.54) is 11.0 Å². The molecule has 0 atom stereocenters. The fraction of sp³-hybridized carbons (Fsp3) is 0.467. The lowest BCUT2D eigenvalue weighted by molar-refractivity contribution is -0.130. The number of aromatic hydroxyl groups is 1.